The van der Waals surface area contributed by atoms with Crippen LogP contribution in [0.2, 0.25) is 5.02 Å². The highest BCUT2D eigenvalue weighted by atomic mass is 35.5. The number of aliphatic hydroxyl groups is 1. The van der Waals surface area contributed by atoms with Crippen molar-refractivity contribution in [2.24, 2.45) is 0 Å². The van der Waals surface area contributed by atoms with Crippen molar-refractivity contribution in [3.8, 4) is 0 Å². The first-order valence-corrected chi connectivity index (χ1v) is 4.41. The number of aliphatic hydroxyl groups excluding tert-OH is 1. The Labute approximate surface area is 92.5 Å². The summed E-state index contributed by atoms with van der Waals surface area (Å²) in [6.07, 6.45) is -4.76. The Morgan fingerprint density at radius 1 is 1.00 bits per heavy atom. The summed E-state index contributed by atoms with van der Waals surface area (Å²) in [4.78, 5) is 0. The molecule has 0 fully saturated rings. The second-order valence-corrected chi connectivity index (χ2v) is 3.53. The van der Waals surface area contributed by atoms with Crippen LogP contribution in [0, 0.1) is 0 Å². The van der Waals surface area contributed by atoms with Gasteiger partial charge in [0.15, 0.2) is 0 Å². The van der Waals surface area contributed by atoms with E-state index in [2.05, 4.69) is 0 Å². The lowest BCUT2D eigenvalue weighted by Crippen LogP contribution is -2.19. The smallest absolute Gasteiger partial charge is 0.390 e. The van der Waals surface area contributed by atoms with Gasteiger partial charge in [-0.05, 0) is 18.2 Å². The van der Waals surface area contributed by atoms with Gasteiger partial charge in [0.2, 0.25) is 0 Å². The van der Waals surface area contributed by atoms with Gasteiger partial charge in [-0.15, -0.1) is 0 Å². The average molecular weight is 261 g/mol. The molecule has 16 heavy (non-hydrogen) atoms. The van der Waals surface area contributed by atoms with Gasteiger partial charge >= 0.3 is 6.18 Å². The lowest BCUT2D eigenvalue weighted by Gasteiger charge is -2.16. The van der Waals surface area contributed by atoms with Gasteiger partial charge in [0.05, 0.1) is 5.56 Å². The zero-order valence-electron chi connectivity index (χ0n) is 7.65. The van der Waals surface area contributed by atoms with Gasteiger partial charge in [-0.3, -0.25) is 0 Å². The molecule has 1 N–H and O–H groups in total. The number of hydrogen-bond donors (Lipinski definition) is 1. The lowest BCUT2D eigenvalue weighted by atomic mass is 10.1. The number of benzene rings is 1. The molecular formula is C9H6ClF5O. The Kier molecular flexibility index (Phi) is 3.44. The monoisotopic (exact) mass is 260 g/mol. The molecule has 1 aromatic carbocycles. The molecule has 0 atom stereocenters. The van der Waals surface area contributed by atoms with Crippen LogP contribution in [0.15, 0.2) is 18.2 Å². The van der Waals surface area contributed by atoms with E-state index in [1.807, 2.05) is 0 Å². The molecule has 0 amide bonds. The van der Waals surface area contributed by atoms with Crippen molar-refractivity contribution < 1.29 is 27.1 Å². The van der Waals surface area contributed by atoms with E-state index in [9.17, 15) is 22.0 Å². The van der Waals surface area contributed by atoms with Gasteiger partial charge in [0.1, 0.15) is 6.61 Å². The Morgan fingerprint density at radius 2 is 1.50 bits per heavy atom. The predicted molar refractivity (Wildman–Crippen MR) is 47.4 cm³/mol. The summed E-state index contributed by atoms with van der Waals surface area (Å²) >= 11 is 5.30. The molecule has 0 radical (unpaired) electrons. The van der Waals surface area contributed by atoms with Crippen molar-refractivity contribution in [2.45, 2.75) is 12.1 Å². The molecule has 0 saturated heterocycles. The van der Waals surface area contributed by atoms with Crippen LogP contribution < -0.4 is 0 Å². The number of halogens is 6. The first-order chi connectivity index (χ1) is 7.16. The minimum Gasteiger partial charge on any atom is -0.390 e. The SMILES string of the molecule is OCC(F)(F)c1cc(Cl)cc(C(F)(F)F)c1. The first kappa shape index (κ1) is 13.2. The van der Waals surface area contributed by atoms with E-state index in [0.717, 1.165) is 0 Å². The predicted octanol–water partition coefficient (Wildman–Crippen LogP) is 3.44. The van der Waals surface area contributed by atoms with Crippen LogP contribution in [0.25, 0.3) is 0 Å². The molecule has 1 aromatic rings. The Bertz CT molecular complexity index is 388. The summed E-state index contributed by atoms with van der Waals surface area (Å²) in [5.74, 6) is -3.75. The maximum atomic E-state index is 13.0. The zero-order chi connectivity index (χ0) is 12.6. The summed E-state index contributed by atoms with van der Waals surface area (Å²) in [5, 5.41) is 7.90. The van der Waals surface area contributed by atoms with Crippen molar-refractivity contribution in [2.75, 3.05) is 6.61 Å². The third-order valence-corrected chi connectivity index (χ3v) is 2.06. The summed E-state index contributed by atoms with van der Waals surface area (Å²) in [7, 11) is 0. The van der Waals surface area contributed by atoms with Gasteiger partial charge in [0.25, 0.3) is 5.92 Å². The summed E-state index contributed by atoms with van der Waals surface area (Å²) < 4.78 is 62.7. The maximum Gasteiger partial charge on any atom is 0.416 e. The topological polar surface area (TPSA) is 20.2 Å². The normalized spacial score (nSPS) is 12.9. The van der Waals surface area contributed by atoms with Gasteiger partial charge in [0, 0.05) is 10.6 Å². The highest BCUT2D eigenvalue weighted by Gasteiger charge is 2.36. The van der Waals surface area contributed by atoms with E-state index in [1.165, 1.54) is 0 Å². The van der Waals surface area contributed by atoms with Crippen LogP contribution in [-0.4, -0.2) is 11.7 Å². The second-order valence-electron chi connectivity index (χ2n) is 3.09. The lowest BCUT2D eigenvalue weighted by molar-refractivity contribution is -0.138. The van der Waals surface area contributed by atoms with Gasteiger partial charge in [-0.2, -0.15) is 22.0 Å². The van der Waals surface area contributed by atoms with E-state index >= 15 is 0 Å². The molecule has 0 bridgehead atoms. The first-order valence-electron chi connectivity index (χ1n) is 4.04. The number of rotatable bonds is 2. The summed E-state index contributed by atoms with van der Waals surface area (Å²) in [6, 6.07) is 1.49. The van der Waals surface area contributed by atoms with Crippen LogP contribution in [-0.2, 0) is 12.1 Å². The minimum absolute atomic E-state index is 0.266. The maximum absolute atomic E-state index is 13.0. The third-order valence-electron chi connectivity index (χ3n) is 1.85. The Balaban J connectivity index is 3.29. The molecule has 0 heterocycles. The molecule has 0 aliphatic heterocycles. The molecule has 0 aliphatic rings. The molecule has 90 valence electrons. The molecule has 0 spiro atoms. The van der Waals surface area contributed by atoms with Gasteiger partial charge < -0.3 is 5.11 Å². The molecule has 0 aliphatic carbocycles. The fourth-order valence-corrected chi connectivity index (χ4v) is 1.29. The molecule has 0 saturated carbocycles. The zero-order valence-corrected chi connectivity index (χ0v) is 8.41. The highest BCUT2D eigenvalue weighted by molar-refractivity contribution is 6.30. The van der Waals surface area contributed by atoms with Crippen molar-refractivity contribution >= 4 is 11.6 Å². The van der Waals surface area contributed by atoms with Crippen LogP contribution in [0.5, 0.6) is 0 Å². The fourth-order valence-electron chi connectivity index (χ4n) is 1.06. The molecule has 1 nitrogen and oxygen atoms in total. The standard InChI is InChI=1S/C9H6ClF5O/c10-7-2-5(8(11,12)4-16)1-6(3-7)9(13,14)15/h1-3,16H,4H2. The van der Waals surface area contributed by atoms with Crippen molar-refractivity contribution in [1.29, 1.82) is 0 Å². The second kappa shape index (κ2) is 4.18. The van der Waals surface area contributed by atoms with Crippen molar-refractivity contribution in [3.05, 3.63) is 34.3 Å². The third kappa shape index (κ3) is 2.82. The van der Waals surface area contributed by atoms with Crippen LogP contribution in [0.1, 0.15) is 11.1 Å². The van der Waals surface area contributed by atoms with Crippen LogP contribution >= 0.6 is 11.6 Å². The molecule has 0 unspecified atom stereocenters. The molecule has 7 heteroatoms. The fraction of sp³-hybridized carbons (Fsp3) is 0.333. The molecule has 1 rings (SSSR count). The largest absolute Gasteiger partial charge is 0.416 e. The van der Waals surface area contributed by atoms with Crippen LogP contribution in [0.4, 0.5) is 22.0 Å². The summed E-state index contributed by atoms with van der Waals surface area (Å²) in [6.45, 7) is -1.58. The van der Waals surface area contributed by atoms with E-state index in [0.29, 0.717) is 12.1 Å². The van der Waals surface area contributed by atoms with Crippen molar-refractivity contribution in [1.82, 2.24) is 0 Å². The van der Waals surface area contributed by atoms with Crippen LogP contribution in [0.3, 0.4) is 0 Å². The van der Waals surface area contributed by atoms with E-state index < -0.39 is 34.9 Å². The average Bonchev–Trinajstić information content (AvgIpc) is 2.15. The Hall–Kier alpha value is -0.880. The minimum atomic E-state index is -4.76. The van der Waals surface area contributed by atoms with Gasteiger partial charge in [-0.1, -0.05) is 11.6 Å². The Morgan fingerprint density at radius 3 is 1.94 bits per heavy atom. The molecular weight excluding hydrogens is 255 g/mol. The van der Waals surface area contributed by atoms with E-state index in [1.54, 1.807) is 0 Å². The molecule has 0 aromatic heterocycles. The number of alkyl halides is 5. The number of hydrogen-bond acceptors (Lipinski definition) is 1. The quantitative estimate of drug-likeness (QED) is 0.808. The highest BCUT2D eigenvalue weighted by Crippen LogP contribution is 2.36. The summed E-state index contributed by atoms with van der Waals surface area (Å²) in [5.41, 5.74) is -2.24. The van der Waals surface area contributed by atoms with E-state index in [4.69, 9.17) is 16.7 Å². The van der Waals surface area contributed by atoms with E-state index in [-0.39, 0.29) is 6.07 Å². The van der Waals surface area contributed by atoms with Gasteiger partial charge in [-0.25, -0.2) is 0 Å². The van der Waals surface area contributed by atoms with Crippen molar-refractivity contribution in [3.63, 3.8) is 0 Å².